The summed E-state index contributed by atoms with van der Waals surface area (Å²) >= 11 is 1.45. The van der Waals surface area contributed by atoms with Crippen molar-refractivity contribution in [1.29, 1.82) is 0 Å². The molecule has 1 amide bonds. The summed E-state index contributed by atoms with van der Waals surface area (Å²) in [7, 11) is 1.88. The summed E-state index contributed by atoms with van der Waals surface area (Å²) in [5.74, 6) is 0.636. The first-order valence-corrected chi connectivity index (χ1v) is 8.78. The summed E-state index contributed by atoms with van der Waals surface area (Å²) in [5.41, 5.74) is 1.62. The highest BCUT2D eigenvalue weighted by Crippen LogP contribution is 2.27. The Labute approximate surface area is 147 Å². The van der Waals surface area contributed by atoms with E-state index in [1.165, 1.54) is 11.3 Å². The number of ether oxygens (including phenoxy) is 1. The number of aryl methyl sites for hydroxylation is 1. The van der Waals surface area contributed by atoms with Gasteiger partial charge < -0.3 is 13.7 Å². The third kappa shape index (κ3) is 2.74. The summed E-state index contributed by atoms with van der Waals surface area (Å²) in [5, 5.41) is 0.889. The highest BCUT2D eigenvalue weighted by atomic mass is 32.1. The maximum Gasteiger partial charge on any atom is 0.315 e. The van der Waals surface area contributed by atoms with Crippen LogP contribution in [0.2, 0.25) is 0 Å². The Morgan fingerprint density at radius 1 is 1.24 bits per heavy atom. The number of carbonyl (C=O) groups excluding carboxylic acids is 1. The second-order valence-corrected chi connectivity index (χ2v) is 6.55. The van der Waals surface area contributed by atoms with Gasteiger partial charge in [0.15, 0.2) is 10.6 Å². The van der Waals surface area contributed by atoms with Crippen molar-refractivity contribution in [3.8, 4) is 5.75 Å². The standard InChI is InChI=1S/C19H16N2O3S/c1-3-23-14-9-6-10-16-17(14)21(2)19(25-16)20-18(22)15-11-12-7-4-5-8-13(12)24-15/h4-11H,3H2,1-2H3. The number of benzene rings is 2. The molecule has 0 fully saturated rings. The Hall–Kier alpha value is -2.86. The van der Waals surface area contributed by atoms with Gasteiger partial charge in [-0.2, -0.15) is 4.99 Å². The first kappa shape index (κ1) is 15.7. The molecule has 0 bridgehead atoms. The Balaban J connectivity index is 1.81. The monoisotopic (exact) mass is 352 g/mol. The predicted molar refractivity (Wildman–Crippen MR) is 98.1 cm³/mol. The zero-order valence-electron chi connectivity index (χ0n) is 13.9. The minimum Gasteiger partial charge on any atom is -0.492 e. The van der Waals surface area contributed by atoms with Crippen LogP contribution in [0, 0.1) is 0 Å². The van der Waals surface area contributed by atoms with Gasteiger partial charge in [0.2, 0.25) is 0 Å². The molecule has 0 aliphatic heterocycles. The van der Waals surface area contributed by atoms with Crippen LogP contribution in [-0.2, 0) is 7.05 Å². The molecule has 0 unspecified atom stereocenters. The van der Waals surface area contributed by atoms with E-state index in [0.29, 0.717) is 17.0 Å². The number of carbonyl (C=O) groups is 1. The van der Waals surface area contributed by atoms with Gasteiger partial charge in [-0.05, 0) is 31.2 Å². The number of para-hydroxylation sites is 2. The second-order valence-electron chi connectivity index (χ2n) is 5.54. The quantitative estimate of drug-likeness (QED) is 0.557. The Morgan fingerprint density at radius 3 is 2.88 bits per heavy atom. The van der Waals surface area contributed by atoms with Crippen molar-refractivity contribution < 1.29 is 13.9 Å². The van der Waals surface area contributed by atoms with Gasteiger partial charge in [0.05, 0.1) is 11.3 Å². The van der Waals surface area contributed by atoms with E-state index >= 15 is 0 Å². The fourth-order valence-electron chi connectivity index (χ4n) is 2.78. The topological polar surface area (TPSA) is 56.7 Å². The van der Waals surface area contributed by atoms with Crippen molar-refractivity contribution in [2.75, 3.05) is 6.61 Å². The van der Waals surface area contributed by atoms with Crippen molar-refractivity contribution in [1.82, 2.24) is 4.57 Å². The van der Waals surface area contributed by atoms with Gasteiger partial charge in [-0.1, -0.05) is 35.6 Å². The van der Waals surface area contributed by atoms with E-state index in [9.17, 15) is 4.79 Å². The number of thiazole rings is 1. The highest BCUT2D eigenvalue weighted by Gasteiger charge is 2.13. The second kappa shape index (κ2) is 6.22. The Morgan fingerprint density at radius 2 is 2.08 bits per heavy atom. The van der Waals surface area contributed by atoms with Crippen LogP contribution in [0.5, 0.6) is 5.75 Å². The van der Waals surface area contributed by atoms with Crippen LogP contribution in [0.25, 0.3) is 21.2 Å². The van der Waals surface area contributed by atoms with Gasteiger partial charge in [0.25, 0.3) is 0 Å². The molecule has 5 nitrogen and oxygen atoms in total. The number of rotatable bonds is 3. The lowest BCUT2D eigenvalue weighted by Gasteiger charge is -2.05. The molecule has 6 heteroatoms. The van der Waals surface area contributed by atoms with Gasteiger partial charge in [-0.15, -0.1) is 0 Å². The maximum absolute atomic E-state index is 12.5. The molecule has 0 saturated carbocycles. The molecule has 2 aromatic carbocycles. The Kier molecular flexibility index (Phi) is 3.89. The molecular weight excluding hydrogens is 336 g/mol. The average molecular weight is 352 g/mol. The minimum atomic E-state index is -0.392. The molecular formula is C19H16N2O3S. The van der Waals surface area contributed by atoms with Crippen molar-refractivity contribution >= 4 is 38.4 Å². The molecule has 0 saturated heterocycles. The molecule has 0 radical (unpaired) electrons. The SMILES string of the molecule is CCOc1cccc2sc(=NC(=O)c3cc4ccccc4o3)n(C)c12. The maximum atomic E-state index is 12.5. The van der Waals surface area contributed by atoms with E-state index in [4.69, 9.17) is 9.15 Å². The largest absolute Gasteiger partial charge is 0.492 e. The van der Waals surface area contributed by atoms with E-state index in [0.717, 1.165) is 21.4 Å². The molecule has 126 valence electrons. The van der Waals surface area contributed by atoms with Crippen LogP contribution in [0.15, 0.2) is 57.9 Å². The van der Waals surface area contributed by atoms with Gasteiger partial charge in [-0.25, -0.2) is 0 Å². The fourth-order valence-corrected chi connectivity index (χ4v) is 3.81. The fraction of sp³-hybridized carbons (Fsp3) is 0.158. The number of furan rings is 1. The van der Waals surface area contributed by atoms with E-state index in [1.807, 2.05) is 61.0 Å². The zero-order chi connectivity index (χ0) is 17.4. The lowest BCUT2D eigenvalue weighted by atomic mass is 10.2. The van der Waals surface area contributed by atoms with Gasteiger partial charge in [0, 0.05) is 12.4 Å². The number of hydrogen-bond acceptors (Lipinski definition) is 4. The van der Waals surface area contributed by atoms with Gasteiger partial charge in [0.1, 0.15) is 16.8 Å². The summed E-state index contributed by atoms with van der Waals surface area (Å²) in [6, 6.07) is 15.1. The van der Waals surface area contributed by atoms with E-state index in [1.54, 1.807) is 6.07 Å². The number of fused-ring (bicyclic) bond motifs is 2. The summed E-state index contributed by atoms with van der Waals surface area (Å²) in [6.45, 7) is 2.53. The highest BCUT2D eigenvalue weighted by molar-refractivity contribution is 7.16. The molecule has 2 heterocycles. The number of amides is 1. The molecule has 0 spiro atoms. The molecule has 4 aromatic rings. The third-order valence-electron chi connectivity index (χ3n) is 3.92. The van der Waals surface area contributed by atoms with Gasteiger partial charge in [-0.3, -0.25) is 4.79 Å². The molecule has 0 atom stereocenters. The first-order valence-electron chi connectivity index (χ1n) is 7.96. The molecule has 0 aliphatic carbocycles. The van der Waals surface area contributed by atoms with Crippen molar-refractivity contribution in [3.63, 3.8) is 0 Å². The van der Waals surface area contributed by atoms with Crippen LogP contribution in [-0.4, -0.2) is 17.1 Å². The lowest BCUT2D eigenvalue weighted by molar-refractivity contribution is 0.0973. The van der Waals surface area contributed by atoms with E-state index < -0.39 is 5.91 Å². The van der Waals surface area contributed by atoms with Gasteiger partial charge >= 0.3 is 5.91 Å². The number of aromatic nitrogens is 1. The lowest BCUT2D eigenvalue weighted by Crippen LogP contribution is -2.13. The average Bonchev–Trinajstić information content (AvgIpc) is 3.18. The van der Waals surface area contributed by atoms with Crippen molar-refractivity contribution in [3.05, 3.63) is 59.1 Å². The van der Waals surface area contributed by atoms with Crippen LogP contribution in [0.3, 0.4) is 0 Å². The molecule has 4 rings (SSSR count). The molecule has 0 aliphatic rings. The Bertz CT molecular complexity index is 1120. The van der Waals surface area contributed by atoms with Crippen LogP contribution >= 0.6 is 11.3 Å². The predicted octanol–water partition coefficient (Wildman–Crippen LogP) is 4.13. The summed E-state index contributed by atoms with van der Waals surface area (Å²) in [6.07, 6.45) is 0. The molecule has 25 heavy (non-hydrogen) atoms. The smallest absolute Gasteiger partial charge is 0.315 e. The minimum absolute atomic E-state index is 0.240. The normalized spacial score (nSPS) is 12.2. The van der Waals surface area contributed by atoms with Crippen molar-refractivity contribution in [2.24, 2.45) is 12.0 Å². The summed E-state index contributed by atoms with van der Waals surface area (Å²) < 4.78 is 14.2. The van der Waals surface area contributed by atoms with E-state index in [2.05, 4.69) is 4.99 Å². The van der Waals surface area contributed by atoms with Crippen molar-refractivity contribution in [2.45, 2.75) is 6.92 Å². The number of nitrogens with zero attached hydrogens (tertiary/aromatic N) is 2. The zero-order valence-corrected chi connectivity index (χ0v) is 14.7. The molecule has 2 aromatic heterocycles. The van der Waals surface area contributed by atoms with Crippen LogP contribution in [0.1, 0.15) is 17.5 Å². The first-order chi connectivity index (χ1) is 12.2. The summed E-state index contributed by atoms with van der Waals surface area (Å²) in [4.78, 5) is 17.4. The van der Waals surface area contributed by atoms with Crippen LogP contribution < -0.4 is 9.54 Å². The molecule has 0 N–H and O–H groups in total. The third-order valence-corrected chi connectivity index (χ3v) is 5.02. The number of hydrogen-bond donors (Lipinski definition) is 0. The van der Waals surface area contributed by atoms with Crippen LogP contribution in [0.4, 0.5) is 0 Å². The van der Waals surface area contributed by atoms with E-state index in [-0.39, 0.29) is 5.76 Å².